The zero-order valence-electron chi connectivity index (χ0n) is 8.98. The molecule has 17 heavy (non-hydrogen) atoms. The van der Waals surface area contributed by atoms with Crippen molar-refractivity contribution in [1.29, 1.82) is 0 Å². The van der Waals surface area contributed by atoms with Gasteiger partial charge in [0.25, 0.3) is 0 Å². The molecule has 1 heterocycles. The van der Waals surface area contributed by atoms with Gasteiger partial charge in [-0.2, -0.15) is 0 Å². The molecular formula is C12H10BrIO2S. The van der Waals surface area contributed by atoms with Crippen LogP contribution in [0.5, 0.6) is 5.75 Å². The van der Waals surface area contributed by atoms with Gasteiger partial charge in [-0.15, -0.1) is 11.3 Å². The maximum absolute atomic E-state index is 10.3. The molecule has 0 saturated carbocycles. The van der Waals surface area contributed by atoms with E-state index in [9.17, 15) is 5.11 Å². The summed E-state index contributed by atoms with van der Waals surface area (Å²) in [6, 6.07) is 7.61. The highest BCUT2D eigenvalue weighted by Gasteiger charge is 2.17. The number of thiophene rings is 1. The van der Waals surface area contributed by atoms with E-state index in [0.29, 0.717) is 5.75 Å². The van der Waals surface area contributed by atoms with E-state index in [-0.39, 0.29) is 0 Å². The SMILES string of the molecule is COc1ccc(Br)cc1C(O)c1csc(I)c1. The summed E-state index contributed by atoms with van der Waals surface area (Å²) in [7, 11) is 1.61. The maximum atomic E-state index is 10.3. The van der Waals surface area contributed by atoms with E-state index in [1.807, 2.05) is 29.6 Å². The van der Waals surface area contributed by atoms with E-state index in [0.717, 1.165) is 18.5 Å². The summed E-state index contributed by atoms with van der Waals surface area (Å²) in [5.41, 5.74) is 1.67. The van der Waals surface area contributed by atoms with Crippen LogP contribution in [0.4, 0.5) is 0 Å². The minimum absolute atomic E-state index is 0.651. The van der Waals surface area contributed by atoms with Crippen LogP contribution >= 0.6 is 49.9 Å². The molecule has 2 aromatic rings. The molecule has 1 N–H and O–H groups in total. The van der Waals surface area contributed by atoms with Crippen molar-refractivity contribution >= 4 is 49.9 Å². The predicted molar refractivity (Wildman–Crippen MR) is 81.8 cm³/mol. The molecule has 0 bridgehead atoms. The van der Waals surface area contributed by atoms with Crippen molar-refractivity contribution in [3.63, 3.8) is 0 Å². The Morgan fingerprint density at radius 1 is 1.41 bits per heavy atom. The molecule has 0 radical (unpaired) electrons. The Balaban J connectivity index is 2.42. The highest BCUT2D eigenvalue weighted by molar-refractivity contribution is 14.1. The fraction of sp³-hybridized carbons (Fsp3) is 0.167. The molecule has 2 rings (SSSR count). The topological polar surface area (TPSA) is 29.5 Å². The molecule has 0 fully saturated rings. The highest BCUT2D eigenvalue weighted by atomic mass is 127. The van der Waals surface area contributed by atoms with Crippen LogP contribution in [0.2, 0.25) is 0 Å². The van der Waals surface area contributed by atoms with Gasteiger partial charge in [-0.05, 0) is 57.8 Å². The van der Waals surface area contributed by atoms with Gasteiger partial charge in [0, 0.05) is 10.0 Å². The summed E-state index contributed by atoms with van der Waals surface area (Å²) in [6.07, 6.45) is -0.651. The first-order valence-corrected chi connectivity index (χ1v) is 7.62. The lowest BCUT2D eigenvalue weighted by Gasteiger charge is -2.14. The molecule has 0 amide bonds. The van der Waals surface area contributed by atoms with Crippen molar-refractivity contribution in [1.82, 2.24) is 0 Å². The molecule has 0 aliphatic carbocycles. The smallest absolute Gasteiger partial charge is 0.125 e. The van der Waals surface area contributed by atoms with Crippen LogP contribution in [0.25, 0.3) is 0 Å². The zero-order chi connectivity index (χ0) is 12.4. The first kappa shape index (κ1) is 13.3. The monoisotopic (exact) mass is 424 g/mol. The first-order valence-electron chi connectivity index (χ1n) is 4.87. The molecule has 0 aliphatic heterocycles. The molecule has 1 unspecified atom stereocenters. The zero-order valence-corrected chi connectivity index (χ0v) is 13.5. The van der Waals surface area contributed by atoms with Crippen molar-refractivity contribution in [3.8, 4) is 5.75 Å². The number of ether oxygens (including phenoxy) is 1. The number of hydrogen-bond acceptors (Lipinski definition) is 3. The molecule has 0 aliphatic rings. The maximum Gasteiger partial charge on any atom is 0.125 e. The summed E-state index contributed by atoms with van der Waals surface area (Å²) in [5.74, 6) is 0.696. The van der Waals surface area contributed by atoms with Crippen molar-refractivity contribution in [3.05, 3.63) is 48.1 Å². The molecular weight excluding hydrogens is 415 g/mol. The van der Waals surface area contributed by atoms with Crippen LogP contribution in [0.3, 0.4) is 0 Å². The van der Waals surface area contributed by atoms with Crippen LogP contribution in [0.1, 0.15) is 17.2 Å². The van der Waals surface area contributed by atoms with Gasteiger partial charge in [-0.25, -0.2) is 0 Å². The Morgan fingerprint density at radius 2 is 2.18 bits per heavy atom. The number of rotatable bonds is 3. The number of aliphatic hydroxyl groups excluding tert-OH is 1. The van der Waals surface area contributed by atoms with Crippen molar-refractivity contribution in [2.24, 2.45) is 0 Å². The molecule has 1 aromatic heterocycles. The molecule has 1 atom stereocenters. The summed E-state index contributed by atoms with van der Waals surface area (Å²) < 4.78 is 7.36. The van der Waals surface area contributed by atoms with Gasteiger partial charge in [0.05, 0.1) is 9.99 Å². The average molecular weight is 425 g/mol. The summed E-state index contributed by atoms with van der Waals surface area (Å²) >= 11 is 7.27. The Bertz CT molecular complexity index is 527. The minimum atomic E-state index is -0.651. The number of aliphatic hydroxyl groups is 1. The van der Waals surface area contributed by atoms with Crippen molar-refractivity contribution in [2.75, 3.05) is 7.11 Å². The third-order valence-corrected chi connectivity index (χ3v) is 4.69. The normalized spacial score (nSPS) is 12.5. The Hall–Kier alpha value is -0.110. The molecule has 5 heteroatoms. The van der Waals surface area contributed by atoms with E-state index in [1.165, 1.54) is 0 Å². The number of benzene rings is 1. The van der Waals surface area contributed by atoms with Gasteiger partial charge < -0.3 is 9.84 Å². The summed E-state index contributed by atoms with van der Waals surface area (Å²) in [6.45, 7) is 0. The van der Waals surface area contributed by atoms with Crippen molar-refractivity contribution < 1.29 is 9.84 Å². The van der Waals surface area contributed by atoms with Gasteiger partial charge in [0.1, 0.15) is 11.9 Å². The van der Waals surface area contributed by atoms with E-state index >= 15 is 0 Å². The van der Waals surface area contributed by atoms with Crippen LogP contribution in [0.15, 0.2) is 34.1 Å². The molecule has 2 nitrogen and oxygen atoms in total. The average Bonchev–Trinajstić information content (AvgIpc) is 2.75. The van der Waals surface area contributed by atoms with E-state index in [2.05, 4.69) is 38.5 Å². The van der Waals surface area contributed by atoms with Gasteiger partial charge in [-0.3, -0.25) is 0 Å². The third-order valence-electron chi connectivity index (χ3n) is 2.39. The molecule has 0 spiro atoms. The quantitative estimate of drug-likeness (QED) is 0.748. The molecule has 1 aromatic carbocycles. The predicted octanol–water partition coefficient (Wildman–Crippen LogP) is 4.21. The highest BCUT2D eigenvalue weighted by Crippen LogP contribution is 2.34. The lowest BCUT2D eigenvalue weighted by atomic mass is 10.0. The number of methoxy groups -OCH3 is 1. The second-order valence-corrected chi connectivity index (χ2v) is 7.19. The van der Waals surface area contributed by atoms with Crippen LogP contribution in [0, 0.1) is 2.88 Å². The van der Waals surface area contributed by atoms with Crippen LogP contribution in [-0.4, -0.2) is 12.2 Å². The van der Waals surface area contributed by atoms with E-state index in [1.54, 1.807) is 18.4 Å². The fourth-order valence-corrected chi connectivity index (χ4v) is 3.33. The molecule has 90 valence electrons. The van der Waals surface area contributed by atoms with Crippen molar-refractivity contribution in [2.45, 2.75) is 6.10 Å². The van der Waals surface area contributed by atoms with Crippen LogP contribution in [-0.2, 0) is 0 Å². The third kappa shape index (κ3) is 3.01. The first-order chi connectivity index (χ1) is 8.11. The van der Waals surface area contributed by atoms with E-state index < -0.39 is 6.10 Å². The summed E-state index contributed by atoms with van der Waals surface area (Å²) in [4.78, 5) is 0. The summed E-state index contributed by atoms with van der Waals surface area (Å²) in [5, 5.41) is 12.3. The second-order valence-electron chi connectivity index (χ2n) is 3.47. The Labute approximate surface area is 126 Å². The van der Waals surface area contributed by atoms with E-state index in [4.69, 9.17) is 4.74 Å². The second kappa shape index (κ2) is 5.69. The van der Waals surface area contributed by atoms with Gasteiger partial charge in [0.15, 0.2) is 0 Å². The lowest BCUT2D eigenvalue weighted by molar-refractivity contribution is 0.215. The number of halogens is 2. The van der Waals surface area contributed by atoms with Gasteiger partial charge in [-0.1, -0.05) is 15.9 Å². The van der Waals surface area contributed by atoms with Gasteiger partial charge in [0.2, 0.25) is 0 Å². The standard InChI is InChI=1S/C12H10BrIO2S/c1-16-10-3-2-8(13)5-9(10)12(15)7-4-11(14)17-6-7/h2-6,12,15H,1H3. The molecule has 0 saturated heterocycles. The Kier molecular flexibility index (Phi) is 4.46. The van der Waals surface area contributed by atoms with Crippen LogP contribution < -0.4 is 4.74 Å². The lowest BCUT2D eigenvalue weighted by Crippen LogP contribution is -2.01. The number of hydrogen-bond donors (Lipinski definition) is 1. The van der Waals surface area contributed by atoms with Gasteiger partial charge >= 0.3 is 0 Å². The largest absolute Gasteiger partial charge is 0.496 e. The minimum Gasteiger partial charge on any atom is -0.496 e. The fourth-order valence-electron chi connectivity index (χ4n) is 1.57. The Morgan fingerprint density at radius 3 is 2.76 bits per heavy atom.